The summed E-state index contributed by atoms with van der Waals surface area (Å²) in [6.45, 7) is 10.0. The average Bonchev–Trinajstić information content (AvgIpc) is 3.74. The molecule has 0 heterocycles. The monoisotopic (exact) mass is 853 g/mol. The Labute approximate surface area is 391 Å². The third kappa shape index (κ3) is 5.02. The van der Waals surface area contributed by atoms with Gasteiger partial charge in [-0.2, -0.15) is 0 Å². The summed E-state index contributed by atoms with van der Waals surface area (Å²) in [4.78, 5) is 2.55. The Morgan fingerprint density at radius 1 is 0.470 bits per heavy atom. The molecule has 1 heteroatoms. The number of anilines is 3. The van der Waals surface area contributed by atoms with E-state index in [-0.39, 0.29) is 10.8 Å². The first-order chi connectivity index (χ1) is 32.3. The third-order valence-corrected chi connectivity index (χ3v) is 19.4. The molecular formula is C65H59N. The van der Waals surface area contributed by atoms with Crippen LogP contribution in [0.4, 0.5) is 17.1 Å². The smallest absolute Gasteiger partial charge is 0.0540 e. The normalized spacial score (nSPS) is 28.1. The zero-order valence-corrected chi connectivity index (χ0v) is 38.9. The molecule has 0 amide bonds. The molecule has 0 radical (unpaired) electrons. The van der Waals surface area contributed by atoms with Gasteiger partial charge in [-0.15, -0.1) is 0 Å². The second-order valence-corrected chi connectivity index (χ2v) is 22.1. The molecule has 4 saturated carbocycles. The van der Waals surface area contributed by atoms with E-state index in [0.29, 0.717) is 17.3 Å². The molecule has 2 unspecified atom stereocenters. The van der Waals surface area contributed by atoms with E-state index in [9.17, 15) is 0 Å². The van der Waals surface area contributed by atoms with Crippen molar-refractivity contribution >= 4 is 27.8 Å². The Bertz CT molecular complexity index is 3270. The Morgan fingerprint density at radius 2 is 1.08 bits per heavy atom. The summed E-state index contributed by atoms with van der Waals surface area (Å²) in [6, 6.07) is 68.0. The van der Waals surface area contributed by atoms with Crippen LogP contribution in [0.3, 0.4) is 0 Å². The molecule has 0 aliphatic heterocycles. The van der Waals surface area contributed by atoms with Gasteiger partial charge >= 0.3 is 0 Å². The fraction of sp³-hybridized carbons (Fsp3) is 0.292. The number of hydrogen-bond acceptors (Lipinski definition) is 1. The van der Waals surface area contributed by atoms with Crippen molar-refractivity contribution < 1.29 is 0 Å². The Morgan fingerprint density at radius 3 is 1.82 bits per heavy atom. The van der Waals surface area contributed by atoms with Gasteiger partial charge in [0.2, 0.25) is 0 Å². The summed E-state index contributed by atoms with van der Waals surface area (Å²) >= 11 is 0. The topological polar surface area (TPSA) is 3.24 Å². The van der Waals surface area contributed by atoms with Gasteiger partial charge in [0.05, 0.1) is 5.69 Å². The van der Waals surface area contributed by atoms with Crippen molar-refractivity contribution in [2.24, 2.45) is 40.9 Å². The third-order valence-electron chi connectivity index (χ3n) is 19.4. The maximum absolute atomic E-state index is 2.64. The van der Waals surface area contributed by atoms with Crippen molar-refractivity contribution in [2.45, 2.75) is 77.0 Å². The minimum atomic E-state index is 0.0752. The van der Waals surface area contributed by atoms with E-state index >= 15 is 0 Å². The summed E-state index contributed by atoms with van der Waals surface area (Å²) < 4.78 is 0. The van der Waals surface area contributed by atoms with Crippen LogP contribution in [0.15, 0.2) is 176 Å². The zero-order chi connectivity index (χ0) is 44.1. The number of hydrogen-bond donors (Lipinski definition) is 0. The van der Waals surface area contributed by atoms with Crippen LogP contribution < -0.4 is 4.90 Å². The number of nitrogens with zero attached hydrogens (tertiary/aromatic N) is 1. The van der Waals surface area contributed by atoms with E-state index in [0.717, 1.165) is 23.7 Å². The summed E-state index contributed by atoms with van der Waals surface area (Å²) in [5.74, 6) is 4.54. The van der Waals surface area contributed by atoms with Crippen molar-refractivity contribution in [2.75, 3.05) is 4.90 Å². The standard InChI is InChI=1S/C65H59N/c1-40(2)45-23-22-41(3)64(38-45)57-20-12-10-17-52(57)55-34-44(26-31-59(55)64)50-30-33-61(54-19-9-8-16-51(50)54)66(48-27-24-43(25-28-48)42-14-6-5-7-15-42)49-29-32-60-56(37-49)53-18-11-13-21-58(53)65(60)39-47-35-46-36-62(65)63(46,47)4/h5-21,24-34,37,40-41,45-47,62H,22-23,35-36,38-39H2,1-4H3/t41-,45?,46?,47+,62+,63-,64+,65-/m0/s1. The van der Waals surface area contributed by atoms with Gasteiger partial charge < -0.3 is 4.90 Å². The first kappa shape index (κ1) is 39.0. The second kappa shape index (κ2) is 13.9. The van der Waals surface area contributed by atoms with Gasteiger partial charge in [0.25, 0.3) is 0 Å². The van der Waals surface area contributed by atoms with Gasteiger partial charge in [0.15, 0.2) is 0 Å². The fourth-order valence-corrected chi connectivity index (χ4v) is 15.9. The molecule has 0 bridgehead atoms. The molecule has 66 heavy (non-hydrogen) atoms. The van der Waals surface area contributed by atoms with Crippen LogP contribution in [0.5, 0.6) is 0 Å². The van der Waals surface area contributed by atoms with E-state index in [1.54, 1.807) is 22.3 Å². The second-order valence-electron chi connectivity index (χ2n) is 22.1. The maximum atomic E-state index is 2.64. The van der Waals surface area contributed by atoms with Crippen LogP contribution in [0.2, 0.25) is 0 Å². The zero-order valence-electron chi connectivity index (χ0n) is 38.9. The summed E-state index contributed by atoms with van der Waals surface area (Å²) in [5, 5.41) is 2.55. The Balaban J connectivity index is 0.926. The highest BCUT2D eigenvalue weighted by molar-refractivity contribution is 6.07. The molecule has 8 atom stereocenters. The first-order valence-electron chi connectivity index (χ1n) is 25.3. The van der Waals surface area contributed by atoms with E-state index in [4.69, 9.17) is 0 Å². The highest BCUT2D eigenvalue weighted by atomic mass is 15.1. The van der Waals surface area contributed by atoms with Crippen molar-refractivity contribution in [3.63, 3.8) is 0 Å². The molecule has 0 aromatic heterocycles. The van der Waals surface area contributed by atoms with Gasteiger partial charge in [-0.3, -0.25) is 0 Å². The molecule has 0 N–H and O–H groups in total. The first-order valence-corrected chi connectivity index (χ1v) is 25.3. The molecule has 14 rings (SSSR count). The van der Waals surface area contributed by atoms with Crippen LogP contribution in [0, 0.1) is 40.9 Å². The predicted octanol–water partition coefficient (Wildman–Crippen LogP) is 17.3. The van der Waals surface area contributed by atoms with E-state index in [1.807, 2.05) is 0 Å². The van der Waals surface area contributed by atoms with Gasteiger partial charge in [-0.05, 0) is 188 Å². The number of benzene rings is 8. The Hall–Kier alpha value is -6.18. The molecule has 8 aromatic rings. The van der Waals surface area contributed by atoms with Crippen molar-refractivity contribution in [3.05, 3.63) is 198 Å². The molecule has 324 valence electrons. The molecular weight excluding hydrogens is 795 g/mol. The molecule has 6 aliphatic rings. The van der Waals surface area contributed by atoms with Crippen LogP contribution in [0.25, 0.3) is 55.3 Å². The molecule has 1 nitrogen and oxygen atoms in total. The lowest BCUT2D eigenvalue weighted by atomic mass is 9.40. The van der Waals surface area contributed by atoms with Gasteiger partial charge in [-0.25, -0.2) is 0 Å². The molecule has 2 spiro atoms. The van der Waals surface area contributed by atoms with Gasteiger partial charge in [0.1, 0.15) is 0 Å². The predicted molar refractivity (Wildman–Crippen MR) is 276 cm³/mol. The van der Waals surface area contributed by atoms with Crippen LogP contribution in [0.1, 0.15) is 88.5 Å². The van der Waals surface area contributed by atoms with Crippen LogP contribution in [-0.2, 0) is 10.8 Å². The molecule has 8 aromatic carbocycles. The van der Waals surface area contributed by atoms with Crippen molar-refractivity contribution in [1.29, 1.82) is 0 Å². The largest absolute Gasteiger partial charge is 0.310 e. The summed E-state index contributed by atoms with van der Waals surface area (Å²) in [6.07, 6.45) is 7.98. The molecule has 4 fully saturated rings. The lowest BCUT2D eigenvalue weighted by Gasteiger charge is -2.64. The lowest BCUT2D eigenvalue weighted by Crippen LogP contribution is -2.58. The quantitative estimate of drug-likeness (QED) is 0.161. The van der Waals surface area contributed by atoms with Gasteiger partial charge in [0, 0.05) is 27.6 Å². The highest BCUT2D eigenvalue weighted by Gasteiger charge is 2.75. The lowest BCUT2D eigenvalue weighted by molar-refractivity contribution is -0.150. The van der Waals surface area contributed by atoms with Crippen LogP contribution in [-0.4, -0.2) is 0 Å². The minimum Gasteiger partial charge on any atom is -0.310 e. The Kier molecular flexibility index (Phi) is 8.24. The van der Waals surface area contributed by atoms with Crippen molar-refractivity contribution in [1.82, 2.24) is 0 Å². The summed E-state index contributed by atoms with van der Waals surface area (Å²) in [5.41, 5.74) is 21.4. The van der Waals surface area contributed by atoms with E-state index in [1.165, 1.54) is 111 Å². The summed E-state index contributed by atoms with van der Waals surface area (Å²) in [7, 11) is 0. The average molecular weight is 854 g/mol. The number of rotatable bonds is 6. The van der Waals surface area contributed by atoms with Gasteiger partial charge in [-0.1, -0.05) is 167 Å². The maximum Gasteiger partial charge on any atom is 0.0540 e. The SMILES string of the molecule is CC(C)C1CC[C@H](C)[C@]2(C1)c1ccccc1-c1cc(-c3ccc(N(c4ccc(-c5ccccc5)cc4)c4ccc5c(c4)-c4ccccc4[C@@]54C[C@H]5CC6C[C@@H]4[C@@]65C)c4ccccc34)ccc12. The van der Waals surface area contributed by atoms with E-state index < -0.39 is 0 Å². The number of fused-ring (bicyclic) bond motifs is 12. The van der Waals surface area contributed by atoms with E-state index in [2.05, 4.69) is 209 Å². The highest BCUT2D eigenvalue weighted by Crippen LogP contribution is 2.82. The van der Waals surface area contributed by atoms with Crippen LogP contribution >= 0.6 is 0 Å². The molecule has 6 aliphatic carbocycles. The molecule has 0 saturated heterocycles. The fourth-order valence-electron chi connectivity index (χ4n) is 15.9. The minimum absolute atomic E-state index is 0.0752. The van der Waals surface area contributed by atoms with Crippen molar-refractivity contribution in [3.8, 4) is 44.5 Å².